The van der Waals surface area contributed by atoms with Gasteiger partial charge in [0.1, 0.15) is 0 Å². The van der Waals surface area contributed by atoms with Gasteiger partial charge in [-0.25, -0.2) is 0 Å². The van der Waals surface area contributed by atoms with Gasteiger partial charge in [-0.15, -0.1) is 0 Å². The number of alkyl halides is 3. The van der Waals surface area contributed by atoms with Crippen LogP contribution in [0.4, 0.5) is 13.2 Å². The highest BCUT2D eigenvalue weighted by atomic mass is 19.4. The van der Waals surface area contributed by atoms with Crippen molar-refractivity contribution in [3.05, 3.63) is 0 Å². The van der Waals surface area contributed by atoms with Crippen molar-refractivity contribution in [2.24, 2.45) is 23.7 Å². The lowest BCUT2D eigenvalue weighted by atomic mass is 9.58. The third kappa shape index (κ3) is 2.44. The van der Waals surface area contributed by atoms with Crippen molar-refractivity contribution in [2.45, 2.75) is 6.18 Å². The number of rotatable bonds is 2. The SMILES string of the molecule is COC(=O)[C@H]1[C@@H]2CN(C(=O)C(F)(F)F)C[C@@H]2[C@@H]1C(=O)OC. The van der Waals surface area contributed by atoms with Gasteiger partial charge in [0.05, 0.1) is 26.1 Å². The summed E-state index contributed by atoms with van der Waals surface area (Å²) in [6.07, 6.45) is -4.97. The van der Waals surface area contributed by atoms with E-state index in [-0.39, 0.29) is 13.1 Å². The first-order valence-electron chi connectivity index (χ1n) is 6.24. The molecule has 1 saturated carbocycles. The molecular formula is C12H14F3NO5. The molecule has 0 N–H and O–H groups in total. The fourth-order valence-electron chi connectivity index (χ4n) is 3.26. The van der Waals surface area contributed by atoms with Crippen LogP contribution in [0.2, 0.25) is 0 Å². The smallest absolute Gasteiger partial charge is 0.469 e. The summed E-state index contributed by atoms with van der Waals surface area (Å²) < 4.78 is 46.5. The number of hydrogen-bond acceptors (Lipinski definition) is 5. The van der Waals surface area contributed by atoms with E-state index < -0.39 is 47.7 Å². The first-order chi connectivity index (χ1) is 9.72. The molecule has 1 heterocycles. The van der Waals surface area contributed by atoms with Gasteiger partial charge in [-0.05, 0) is 11.8 Å². The van der Waals surface area contributed by atoms with Crippen molar-refractivity contribution in [3.63, 3.8) is 0 Å². The Morgan fingerprint density at radius 2 is 1.33 bits per heavy atom. The molecule has 2 rings (SSSR count). The van der Waals surface area contributed by atoms with Crippen LogP contribution in [0, 0.1) is 23.7 Å². The number of carbonyl (C=O) groups is 3. The van der Waals surface area contributed by atoms with Crippen LogP contribution in [0.15, 0.2) is 0 Å². The van der Waals surface area contributed by atoms with E-state index >= 15 is 0 Å². The van der Waals surface area contributed by atoms with E-state index in [1.807, 2.05) is 0 Å². The minimum absolute atomic E-state index is 0.212. The first kappa shape index (κ1) is 15.6. The number of halogens is 3. The Morgan fingerprint density at radius 3 is 1.62 bits per heavy atom. The molecule has 0 aromatic rings. The zero-order valence-electron chi connectivity index (χ0n) is 11.3. The number of ether oxygens (including phenoxy) is 2. The molecule has 1 saturated heterocycles. The number of nitrogens with zero attached hydrogens (tertiary/aromatic N) is 1. The van der Waals surface area contributed by atoms with Gasteiger partial charge < -0.3 is 14.4 Å². The number of hydrogen-bond donors (Lipinski definition) is 0. The second kappa shape index (κ2) is 5.19. The maximum absolute atomic E-state index is 12.4. The monoisotopic (exact) mass is 309 g/mol. The standard InChI is InChI=1S/C12H14F3NO5/c1-20-9(17)7-5-3-16(11(19)12(13,14)15)4-6(5)8(7)10(18)21-2/h5-8H,3-4H2,1-2H3/t5-,6+,7-,8-/m0/s1. The third-order valence-corrected chi connectivity index (χ3v) is 4.20. The molecule has 0 bridgehead atoms. The van der Waals surface area contributed by atoms with Crippen molar-refractivity contribution in [1.29, 1.82) is 0 Å². The molecule has 1 aliphatic carbocycles. The molecule has 0 aromatic heterocycles. The van der Waals surface area contributed by atoms with Crippen LogP contribution >= 0.6 is 0 Å². The molecule has 118 valence electrons. The minimum Gasteiger partial charge on any atom is -0.469 e. The highest BCUT2D eigenvalue weighted by molar-refractivity contribution is 5.86. The van der Waals surface area contributed by atoms with Crippen LogP contribution in [-0.2, 0) is 23.9 Å². The van der Waals surface area contributed by atoms with Crippen molar-refractivity contribution < 1.29 is 37.0 Å². The van der Waals surface area contributed by atoms with Gasteiger partial charge in [-0.3, -0.25) is 14.4 Å². The average molecular weight is 309 g/mol. The zero-order chi connectivity index (χ0) is 15.9. The van der Waals surface area contributed by atoms with Crippen LogP contribution in [0.25, 0.3) is 0 Å². The molecule has 0 radical (unpaired) electrons. The molecule has 0 unspecified atom stereocenters. The molecule has 9 heteroatoms. The highest BCUT2D eigenvalue weighted by Crippen LogP contribution is 2.52. The summed E-state index contributed by atoms with van der Waals surface area (Å²) in [7, 11) is 2.27. The maximum Gasteiger partial charge on any atom is 0.471 e. The second-order valence-corrected chi connectivity index (χ2v) is 5.13. The van der Waals surface area contributed by atoms with Crippen molar-refractivity contribution >= 4 is 17.8 Å². The molecule has 2 fully saturated rings. The van der Waals surface area contributed by atoms with Gasteiger partial charge in [0.15, 0.2) is 0 Å². The lowest BCUT2D eigenvalue weighted by Crippen LogP contribution is -2.54. The van der Waals surface area contributed by atoms with Gasteiger partial charge >= 0.3 is 24.0 Å². The number of likely N-dealkylation sites (tertiary alicyclic amines) is 1. The molecular weight excluding hydrogens is 295 g/mol. The predicted molar refractivity (Wildman–Crippen MR) is 60.6 cm³/mol. The number of methoxy groups -OCH3 is 2. The van der Waals surface area contributed by atoms with Gasteiger partial charge in [-0.2, -0.15) is 13.2 Å². The Hall–Kier alpha value is -1.80. The lowest BCUT2D eigenvalue weighted by molar-refractivity contribution is -0.184. The molecule has 1 aliphatic heterocycles. The summed E-state index contributed by atoms with van der Waals surface area (Å²) in [4.78, 5) is 35.3. The molecule has 1 amide bonds. The fraction of sp³-hybridized carbons (Fsp3) is 0.750. The first-order valence-corrected chi connectivity index (χ1v) is 6.24. The van der Waals surface area contributed by atoms with E-state index in [1.165, 1.54) is 0 Å². The Morgan fingerprint density at radius 1 is 0.952 bits per heavy atom. The summed E-state index contributed by atoms with van der Waals surface area (Å²) in [5, 5.41) is 0. The van der Waals surface area contributed by atoms with Crippen LogP contribution in [0.1, 0.15) is 0 Å². The molecule has 6 nitrogen and oxygen atoms in total. The van der Waals surface area contributed by atoms with Crippen molar-refractivity contribution in [1.82, 2.24) is 4.90 Å². The molecule has 0 spiro atoms. The predicted octanol–water partition coefficient (Wildman–Crippen LogP) is 0.215. The van der Waals surface area contributed by atoms with Crippen LogP contribution in [-0.4, -0.2) is 56.2 Å². The minimum atomic E-state index is -4.97. The van der Waals surface area contributed by atoms with Gasteiger partial charge in [0.25, 0.3) is 0 Å². The second-order valence-electron chi connectivity index (χ2n) is 5.13. The van der Waals surface area contributed by atoms with Crippen molar-refractivity contribution in [2.75, 3.05) is 27.3 Å². The number of carbonyl (C=O) groups excluding carboxylic acids is 3. The summed E-state index contributed by atoms with van der Waals surface area (Å²) in [6.45, 7) is -0.424. The van der Waals surface area contributed by atoms with E-state index in [1.54, 1.807) is 0 Å². The molecule has 0 aromatic carbocycles. The Kier molecular flexibility index (Phi) is 3.85. The number of esters is 2. The summed E-state index contributed by atoms with van der Waals surface area (Å²) >= 11 is 0. The Balaban J connectivity index is 2.17. The van der Waals surface area contributed by atoms with E-state index in [0.717, 1.165) is 14.2 Å². The summed E-state index contributed by atoms with van der Waals surface area (Å²) in [5.41, 5.74) is 0. The number of amides is 1. The average Bonchev–Trinajstić information content (AvgIpc) is 2.76. The van der Waals surface area contributed by atoms with Gasteiger partial charge in [0, 0.05) is 13.1 Å². The van der Waals surface area contributed by atoms with E-state index in [9.17, 15) is 27.6 Å². The molecule has 2 aliphatic rings. The van der Waals surface area contributed by atoms with Crippen LogP contribution in [0.5, 0.6) is 0 Å². The normalized spacial score (nSPS) is 31.2. The third-order valence-electron chi connectivity index (χ3n) is 4.20. The van der Waals surface area contributed by atoms with E-state index in [0.29, 0.717) is 4.90 Å². The topological polar surface area (TPSA) is 72.9 Å². The van der Waals surface area contributed by atoms with Gasteiger partial charge in [-0.1, -0.05) is 0 Å². The van der Waals surface area contributed by atoms with Gasteiger partial charge in [0.2, 0.25) is 0 Å². The summed E-state index contributed by atoms with van der Waals surface area (Å²) in [6, 6.07) is 0. The van der Waals surface area contributed by atoms with Crippen LogP contribution < -0.4 is 0 Å². The van der Waals surface area contributed by atoms with E-state index in [4.69, 9.17) is 0 Å². The van der Waals surface area contributed by atoms with E-state index in [2.05, 4.69) is 9.47 Å². The zero-order valence-corrected chi connectivity index (χ0v) is 11.3. The largest absolute Gasteiger partial charge is 0.471 e. The van der Waals surface area contributed by atoms with Crippen LogP contribution in [0.3, 0.4) is 0 Å². The fourth-order valence-corrected chi connectivity index (χ4v) is 3.26. The Labute approximate surface area is 118 Å². The highest BCUT2D eigenvalue weighted by Gasteiger charge is 2.63. The lowest BCUT2D eigenvalue weighted by Gasteiger charge is -2.43. The molecule has 21 heavy (non-hydrogen) atoms. The quantitative estimate of drug-likeness (QED) is 0.682. The molecule has 4 atom stereocenters. The van der Waals surface area contributed by atoms with Crippen molar-refractivity contribution in [3.8, 4) is 0 Å². The Bertz CT molecular complexity index is 448. The number of fused-ring (bicyclic) bond motifs is 1. The summed E-state index contributed by atoms with van der Waals surface area (Å²) in [5.74, 6) is -6.04. The maximum atomic E-state index is 12.4.